The van der Waals surface area contributed by atoms with Gasteiger partial charge in [-0.2, -0.15) is 0 Å². The Bertz CT molecular complexity index is 801. The van der Waals surface area contributed by atoms with Gasteiger partial charge in [0.15, 0.2) is 17.6 Å². The molecule has 0 aliphatic carbocycles. The van der Waals surface area contributed by atoms with Crippen LogP contribution in [0.25, 0.3) is 0 Å². The molecule has 0 aliphatic heterocycles. The van der Waals surface area contributed by atoms with Crippen molar-refractivity contribution in [3.05, 3.63) is 53.1 Å². The molecular formula is C23H31NO4. The largest absolute Gasteiger partial charge is 0.493 e. The molecule has 152 valence electrons. The number of methoxy groups -OCH3 is 2. The highest BCUT2D eigenvalue weighted by atomic mass is 16.5. The first-order chi connectivity index (χ1) is 13.3. The van der Waals surface area contributed by atoms with Crippen LogP contribution >= 0.6 is 0 Å². The number of rotatable bonds is 9. The van der Waals surface area contributed by atoms with Crippen LogP contribution in [-0.4, -0.2) is 32.8 Å². The molecule has 0 fully saturated rings. The highest BCUT2D eigenvalue weighted by Gasteiger charge is 2.17. The van der Waals surface area contributed by atoms with Crippen molar-refractivity contribution in [1.29, 1.82) is 0 Å². The predicted molar refractivity (Wildman–Crippen MR) is 112 cm³/mol. The lowest BCUT2D eigenvalue weighted by atomic mass is 10.0. The van der Waals surface area contributed by atoms with Crippen molar-refractivity contribution in [2.45, 2.75) is 46.1 Å². The maximum absolute atomic E-state index is 12.4. The summed E-state index contributed by atoms with van der Waals surface area (Å²) in [4.78, 5) is 12.4. The van der Waals surface area contributed by atoms with Crippen LogP contribution in [0.15, 0.2) is 36.4 Å². The van der Waals surface area contributed by atoms with Crippen LogP contribution in [0.1, 0.15) is 43.4 Å². The second-order valence-electron chi connectivity index (χ2n) is 7.19. The number of nitrogens with one attached hydrogen (secondary N) is 1. The normalized spacial score (nSPS) is 11.8. The number of hydrogen-bond donors (Lipinski definition) is 1. The summed E-state index contributed by atoms with van der Waals surface area (Å²) in [6, 6.07) is 11.9. The van der Waals surface area contributed by atoms with E-state index in [1.54, 1.807) is 21.1 Å². The Hall–Kier alpha value is -2.69. The molecule has 1 N–H and O–H groups in total. The third-order valence-corrected chi connectivity index (χ3v) is 4.62. The SMILES string of the molecule is COc1ccc(CCNC(=O)[C@@H](C)Oc2cc(C)ccc2C(C)C)cc1OC. The zero-order chi connectivity index (χ0) is 20.7. The summed E-state index contributed by atoms with van der Waals surface area (Å²) in [5, 5.41) is 2.94. The third-order valence-electron chi connectivity index (χ3n) is 4.62. The van der Waals surface area contributed by atoms with Gasteiger partial charge in [-0.15, -0.1) is 0 Å². The van der Waals surface area contributed by atoms with Gasteiger partial charge in [0.1, 0.15) is 5.75 Å². The third kappa shape index (κ3) is 5.65. The monoisotopic (exact) mass is 385 g/mol. The summed E-state index contributed by atoms with van der Waals surface area (Å²) in [7, 11) is 3.22. The van der Waals surface area contributed by atoms with Crippen molar-refractivity contribution in [3.63, 3.8) is 0 Å². The van der Waals surface area contributed by atoms with Crippen LogP contribution in [0.4, 0.5) is 0 Å². The van der Waals surface area contributed by atoms with Crippen LogP contribution in [0, 0.1) is 6.92 Å². The van der Waals surface area contributed by atoms with Crippen molar-refractivity contribution >= 4 is 5.91 Å². The highest BCUT2D eigenvalue weighted by Crippen LogP contribution is 2.29. The molecular weight excluding hydrogens is 354 g/mol. The van der Waals surface area contributed by atoms with E-state index in [1.165, 1.54) is 0 Å². The van der Waals surface area contributed by atoms with E-state index in [1.807, 2.05) is 31.2 Å². The Balaban J connectivity index is 1.92. The molecule has 0 saturated heterocycles. The minimum absolute atomic E-state index is 0.128. The lowest BCUT2D eigenvalue weighted by Crippen LogP contribution is -2.37. The molecule has 2 rings (SSSR count). The lowest BCUT2D eigenvalue weighted by molar-refractivity contribution is -0.127. The highest BCUT2D eigenvalue weighted by molar-refractivity contribution is 5.80. The van der Waals surface area contributed by atoms with Crippen LogP contribution in [0.3, 0.4) is 0 Å². The number of aryl methyl sites for hydroxylation is 1. The standard InChI is InChI=1S/C23H31NO4/c1-15(2)19-9-7-16(3)13-21(19)28-17(4)23(25)24-12-11-18-8-10-20(26-5)22(14-18)27-6/h7-10,13-15,17H,11-12H2,1-6H3,(H,24,25)/t17-/m1/s1. The second-order valence-corrected chi connectivity index (χ2v) is 7.19. The molecule has 28 heavy (non-hydrogen) atoms. The Morgan fingerprint density at radius 1 is 0.964 bits per heavy atom. The van der Waals surface area contributed by atoms with Gasteiger partial charge in [-0.25, -0.2) is 0 Å². The molecule has 2 aromatic rings. The predicted octanol–water partition coefficient (Wildman–Crippen LogP) is 4.26. The van der Waals surface area contributed by atoms with E-state index in [-0.39, 0.29) is 5.91 Å². The molecule has 0 unspecified atom stereocenters. The summed E-state index contributed by atoms with van der Waals surface area (Å²) < 4.78 is 16.5. The van der Waals surface area contributed by atoms with Crippen molar-refractivity contribution in [1.82, 2.24) is 5.32 Å². The lowest BCUT2D eigenvalue weighted by Gasteiger charge is -2.19. The summed E-state index contributed by atoms with van der Waals surface area (Å²) in [5.74, 6) is 2.35. The average Bonchev–Trinajstić information content (AvgIpc) is 2.67. The molecule has 0 bridgehead atoms. The van der Waals surface area contributed by atoms with Crippen LogP contribution in [-0.2, 0) is 11.2 Å². The molecule has 5 heteroatoms. The molecule has 0 saturated carbocycles. The van der Waals surface area contributed by atoms with E-state index in [9.17, 15) is 4.79 Å². The van der Waals surface area contributed by atoms with Crippen LogP contribution in [0.2, 0.25) is 0 Å². The summed E-state index contributed by atoms with van der Waals surface area (Å²) in [5.41, 5.74) is 3.28. The number of carbonyl (C=O) groups is 1. The van der Waals surface area contributed by atoms with E-state index >= 15 is 0 Å². The van der Waals surface area contributed by atoms with Gasteiger partial charge in [0.05, 0.1) is 14.2 Å². The number of hydrogen-bond acceptors (Lipinski definition) is 4. The molecule has 0 aromatic heterocycles. The molecule has 0 heterocycles. The van der Waals surface area contributed by atoms with Crippen LogP contribution in [0.5, 0.6) is 17.2 Å². The minimum atomic E-state index is -0.565. The van der Waals surface area contributed by atoms with E-state index in [0.717, 1.165) is 22.4 Å². The Labute approximate surface area is 168 Å². The fourth-order valence-electron chi connectivity index (χ4n) is 2.97. The number of carbonyl (C=O) groups excluding carboxylic acids is 1. The second kappa shape index (κ2) is 10.0. The average molecular weight is 386 g/mol. The van der Waals surface area contributed by atoms with E-state index < -0.39 is 6.10 Å². The molecule has 1 atom stereocenters. The minimum Gasteiger partial charge on any atom is -0.493 e. The van der Waals surface area contributed by atoms with Crippen LogP contribution < -0.4 is 19.5 Å². The van der Waals surface area contributed by atoms with Gasteiger partial charge in [-0.05, 0) is 61.1 Å². The van der Waals surface area contributed by atoms with Crippen molar-refractivity contribution < 1.29 is 19.0 Å². The number of amides is 1. The smallest absolute Gasteiger partial charge is 0.260 e. The van der Waals surface area contributed by atoms with E-state index in [4.69, 9.17) is 14.2 Å². The van der Waals surface area contributed by atoms with Crippen molar-refractivity contribution in [3.8, 4) is 17.2 Å². The molecule has 2 aromatic carbocycles. The van der Waals surface area contributed by atoms with Gasteiger partial charge < -0.3 is 19.5 Å². The van der Waals surface area contributed by atoms with Gasteiger partial charge in [0.25, 0.3) is 5.91 Å². The molecule has 0 radical (unpaired) electrons. The van der Waals surface area contributed by atoms with Crippen molar-refractivity contribution in [2.24, 2.45) is 0 Å². The maximum atomic E-state index is 12.4. The zero-order valence-corrected chi connectivity index (χ0v) is 17.7. The molecule has 0 aliphatic rings. The van der Waals surface area contributed by atoms with E-state index in [2.05, 4.69) is 31.3 Å². The number of benzene rings is 2. The Kier molecular flexibility index (Phi) is 7.73. The van der Waals surface area contributed by atoms with Gasteiger partial charge in [0, 0.05) is 6.54 Å². The van der Waals surface area contributed by atoms with Gasteiger partial charge in [-0.3, -0.25) is 4.79 Å². The first-order valence-corrected chi connectivity index (χ1v) is 9.61. The van der Waals surface area contributed by atoms with Gasteiger partial charge in [0.2, 0.25) is 0 Å². The molecule has 0 spiro atoms. The summed E-state index contributed by atoms with van der Waals surface area (Å²) in [6.07, 6.45) is 0.130. The summed E-state index contributed by atoms with van der Waals surface area (Å²) >= 11 is 0. The summed E-state index contributed by atoms with van der Waals surface area (Å²) in [6.45, 7) is 8.55. The fraction of sp³-hybridized carbons (Fsp3) is 0.435. The Morgan fingerprint density at radius 2 is 1.68 bits per heavy atom. The maximum Gasteiger partial charge on any atom is 0.260 e. The topological polar surface area (TPSA) is 56.8 Å². The van der Waals surface area contributed by atoms with Gasteiger partial charge in [-0.1, -0.05) is 32.0 Å². The molecule has 1 amide bonds. The quantitative estimate of drug-likeness (QED) is 0.701. The number of ether oxygens (including phenoxy) is 3. The first-order valence-electron chi connectivity index (χ1n) is 9.61. The first kappa shape index (κ1) is 21.6. The van der Waals surface area contributed by atoms with Gasteiger partial charge >= 0.3 is 0 Å². The van der Waals surface area contributed by atoms with E-state index in [0.29, 0.717) is 30.4 Å². The fourth-order valence-corrected chi connectivity index (χ4v) is 2.97. The molecule has 5 nitrogen and oxygen atoms in total. The zero-order valence-electron chi connectivity index (χ0n) is 17.7. The Morgan fingerprint density at radius 3 is 2.32 bits per heavy atom. The van der Waals surface area contributed by atoms with Crippen molar-refractivity contribution in [2.75, 3.05) is 20.8 Å².